The number of benzene rings is 1. The van der Waals surface area contributed by atoms with E-state index in [0.717, 1.165) is 30.5 Å². The van der Waals surface area contributed by atoms with Crippen molar-refractivity contribution in [2.24, 2.45) is 5.73 Å². The largest absolute Gasteiger partial charge is 0.381 e. The first-order valence-electron chi connectivity index (χ1n) is 8.03. The fourth-order valence-corrected chi connectivity index (χ4v) is 4.14. The molecule has 22 heavy (non-hydrogen) atoms. The first kappa shape index (κ1) is 14.2. The highest BCUT2D eigenvalue weighted by molar-refractivity contribution is 6.02. The highest BCUT2D eigenvalue weighted by atomic mass is 19.1. The second kappa shape index (κ2) is 4.77. The maximum atomic E-state index is 14.4. The van der Waals surface area contributed by atoms with E-state index >= 15 is 0 Å². The van der Waals surface area contributed by atoms with E-state index in [0.29, 0.717) is 32.6 Å². The molecule has 1 saturated heterocycles. The molecule has 0 atom stereocenters. The lowest BCUT2D eigenvalue weighted by Crippen LogP contribution is -2.59. The van der Waals surface area contributed by atoms with Gasteiger partial charge in [-0.05, 0) is 37.8 Å². The van der Waals surface area contributed by atoms with Gasteiger partial charge in [0.25, 0.3) is 0 Å². The first-order chi connectivity index (χ1) is 10.6. The Hall–Kier alpha value is -1.46. The number of carbonyl (C=O) groups is 1. The average molecular weight is 304 g/mol. The van der Waals surface area contributed by atoms with Crippen molar-refractivity contribution in [3.05, 3.63) is 29.6 Å². The summed E-state index contributed by atoms with van der Waals surface area (Å²) in [5, 5.41) is 0. The Kier molecular flexibility index (Phi) is 3.07. The number of anilines is 1. The molecule has 1 amide bonds. The Morgan fingerprint density at radius 2 is 1.95 bits per heavy atom. The van der Waals surface area contributed by atoms with Gasteiger partial charge in [-0.15, -0.1) is 0 Å². The standard InChI is InChI=1S/C17H21FN2O2/c18-12-3-1-4-13-14(12)16(5-2-6-16)11-20(13)15(21)17(19)7-9-22-10-8-17/h1,3-4H,2,5-11,19H2. The van der Waals surface area contributed by atoms with Gasteiger partial charge in [0.05, 0.1) is 5.69 Å². The SMILES string of the molecule is NC1(C(=O)N2CC3(CCC3)c3c(F)cccc32)CCOCC1. The zero-order valence-corrected chi connectivity index (χ0v) is 12.6. The smallest absolute Gasteiger partial charge is 0.247 e. The molecular formula is C17H21FN2O2. The lowest BCUT2D eigenvalue weighted by molar-refractivity contribution is -0.127. The molecular weight excluding hydrogens is 283 g/mol. The summed E-state index contributed by atoms with van der Waals surface area (Å²) >= 11 is 0. The average Bonchev–Trinajstić information content (AvgIpc) is 2.84. The Bertz CT molecular complexity index is 621. The molecule has 2 heterocycles. The quantitative estimate of drug-likeness (QED) is 0.864. The fraction of sp³-hybridized carbons (Fsp3) is 0.588. The highest BCUT2D eigenvalue weighted by Gasteiger charge is 2.52. The van der Waals surface area contributed by atoms with Gasteiger partial charge in [0.15, 0.2) is 0 Å². The van der Waals surface area contributed by atoms with Crippen LogP contribution in [0.1, 0.15) is 37.7 Å². The molecule has 2 N–H and O–H groups in total. The van der Waals surface area contributed by atoms with Gasteiger partial charge >= 0.3 is 0 Å². The maximum absolute atomic E-state index is 14.4. The van der Waals surface area contributed by atoms with Gasteiger partial charge in [0, 0.05) is 30.7 Å². The minimum absolute atomic E-state index is 0.0774. The highest BCUT2D eigenvalue weighted by Crippen LogP contribution is 2.53. The van der Waals surface area contributed by atoms with E-state index in [2.05, 4.69) is 0 Å². The van der Waals surface area contributed by atoms with E-state index < -0.39 is 5.54 Å². The van der Waals surface area contributed by atoms with Crippen LogP contribution in [0, 0.1) is 5.82 Å². The molecule has 3 aliphatic rings. The topological polar surface area (TPSA) is 55.6 Å². The van der Waals surface area contributed by atoms with Crippen LogP contribution in [-0.4, -0.2) is 31.2 Å². The Morgan fingerprint density at radius 1 is 1.23 bits per heavy atom. The first-order valence-corrected chi connectivity index (χ1v) is 8.03. The van der Waals surface area contributed by atoms with Crippen LogP contribution in [0.4, 0.5) is 10.1 Å². The van der Waals surface area contributed by atoms with Gasteiger partial charge in [-0.25, -0.2) is 4.39 Å². The predicted octanol–water partition coefficient (Wildman–Crippen LogP) is 2.10. The van der Waals surface area contributed by atoms with E-state index in [4.69, 9.17) is 10.5 Å². The molecule has 1 spiro atoms. The van der Waals surface area contributed by atoms with Crippen LogP contribution in [0.15, 0.2) is 18.2 Å². The van der Waals surface area contributed by atoms with Crippen molar-refractivity contribution in [3.8, 4) is 0 Å². The molecule has 4 nitrogen and oxygen atoms in total. The number of rotatable bonds is 1. The maximum Gasteiger partial charge on any atom is 0.247 e. The van der Waals surface area contributed by atoms with Crippen molar-refractivity contribution < 1.29 is 13.9 Å². The Labute approximate surface area is 129 Å². The number of ether oxygens (including phenoxy) is 1. The second-order valence-corrected chi connectivity index (χ2v) is 6.93. The van der Waals surface area contributed by atoms with Gasteiger partial charge in [0.2, 0.25) is 5.91 Å². The summed E-state index contributed by atoms with van der Waals surface area (Å²) in [5.74, 6) is -0.267. The molecule has 4 rings (SSSR count). The lowest BCUT2D eigenvalue weighted by atomic mass is 9.65. The third-order valence-corrected chi connectivity index (χ3v) is 5.64. The van der Waals surface area contributed by atoms with Crippen molar-refractivity contribution in [1.29, 1.82) is 0 Å². The van der Waals surface area contributed by atoms with E-state index in [-0.39, 0.29) is 17.1 Å². The minimum atomic E-state index is -0.878. The Balaban J connectivity index is 1.72. The molecule has 2 fully saturated rings. The van der Waals surface area contributed by atoms with Crippen molar-refractivity contribution in [2.75, 3.05) is 24.7 Å². The summed E-state index contributed by atoms with van der Waals surface area (Å²) < 4.78 is 19.7. The summed E-state index contributed by atoms with van der Waals surface area (Å²) in [7, 11) is 0. The number of hydrogen-bond donors (Lipinski definition) is 1. The molecule has 0 unspecified atom stereocenters. The summed E-state index contributed by atoms with van der Waals surface area (Å²) in [6, 6.07) is 5.03. The van der Waals surface area contributed by atoms with Crippen molar-refractivity contribution in [1.82, 2.24) is 0 Å². The van der Waals surface area contributed by atoms with Crippen LogP contribution in [0.5, 0.6) is 0 Å². The summed E-state index contributed by atoms with van der Waals surface area (Å²) in [6.45, 7) is 1.59. The van der Waals surface area contributed by atoms with Gasteiger partial charge in [0.1, 0.15) is 11.4 Å². The van der Waals surface area contributed by atoms with E-state index in [9.17, 15) is 9.18 Å². The summed E-state index contributed by atoms with van der Waals surface area (Å²) in [4.78, 5) is 14.8. The molecule has 5 heteroatoms. The van der Waals surface area contributed by atoms with E-state index in [1.807, 2.05) is 6.07 Å². The van der Waals surface area contributed by atoms with Crippen LogP contribution in [0.25, 0.3) is 0 Å². The van der Waals surface area contributed by atoms with Gasteiger partial charge in [-0.1, -0.05) is 12.5 Å². The van der Waals surface area contributed by atoms with Gasteiger partial charge < -0.3 is 15.4 Å². The summed E-state index contributed by atoms with van der Waals surface area (Å²) in [6.07, 6.45) is 4.05. The predicted molar refractivity (Wildman–Crippen MR) is 81.3 cm³/mol. The number of halogens is 1. The number of nitrogens with two attached hydrogens (primary N) is 1. The molecule has 0 aromatic heterocycles. The molecule has 2 aliphatic heterocycles. The van der Waals surface area contributed by atoms with Gasteiger partial charge in [-0.2, -0.15) is 0 Å². The lowest BCUT2D eigenvalue weighted by Gasteiger charge is -2.40. The molecule has 1 aromatic rings. The number of amides is 1. The second-order valence-electron chi connectivity index (χ2n) is 6.93. The van der Waals surface area contributed by atoms with E-state index in [1.54, 1.807) is 11.0 Å². The number of carbonyl (C=O) groups excluding carboxylic acids is 1. The Morgan fingerprint density at radius 3 is 2.59 bits per heavy atom. The number of fused-ring (bicyclic) bond motifs is 2. The molecule has 118 valence electrons. The van der Waals surface area contributed by atoms with Crippen LogP contribution < -0.4 is 10.6 Å². The van der Waals surface area contributed by atoms with Gasteiger partial charge in [-0.3, -0.25) is 4.79 Å². The summed E-state index contributed by atoms with van der Waals surface area (Å²) in [5.41, 5.74) is 6.75. The van der Waals surface area contributed by atoms with Crippen LogP contribution in [-0.2, 0) is 14.9 Å². The number of nitrogens with zero attached hydrogens (tertiary/aromatic N) is 1. The zero-order valence-electron chi connectivity index (χ0n) is 12.6. The van der Waals surface area contributed by atoms with Crippen molar-refractivity contribution in [2.45, 2.75) is 43.1 Å². The normalized spacial score (nSPS) is 24.9. The molecule has 0 bridgehead atoms. The van der Waals surface area contributed by atoms with E-state index in [1.165, 1.54) is 6.07 Å². The van der Waals surface area contributed by atoms with Crippen LogP contribution >= 0.6 is 0 Å². The monoisotopic (exact) mass is 304 g/mol. The number of hydrogen-bond acceptors (Lipinski definition) is 3. The fourth-order valence-electron chi connectivity index (χ4n) is 4.14. The third-order valence-electron chi connectivity index (χ3n) is 5.64. The third kappa shape index (κ3) is 1.85. The molecule has 1 saturated carbocycles. The minimum Gasteiger partial charge on any atom is -0.381 e. The molecule has 1 aliphatic carbocycles. The van der Waals surface area contributed by atoms with Crippen molar-refractivity contribution >= 4 is 11.6 Å². The molecule has 0 radical (unpaired) electrons. The van der Waals surface area contributed by atoms with Crippen molar-refractivity contribution in [3.63, 3.8) is 0 Å². The van der Waals surface area contributed by atoms with Crippen LogP contribution in [0.2, 0.25) is 0 Å². The molecule has 1 aromatic carbocycles. The van der Waals surface area contributed by atoms with Crippen LogP contribution in [0.3, 0.4) is 0 Å². The zero-order chi connectivity index (χ0) is 15.4.